The van der Waals surface area contributed by atoms with Crippen LogP contribution in [0.2, 0.25) is 0 Å². The lowest BCUT2D eigenvalue weighted by molar-refractivity contribution is -0.138. The van der Waals surface area contributed by atoms with Crippen LogP contribution in [0.5, 0.6) is 11.5 Å². The van der Waals surface area contributed by atoms with Crippen LogP contribution in [-0.2, 0) is 25.6 Å². The normalized spacial score (nSPS) is 18.5. The van der Waals surface area contributed by atoms with Crippen molar-refractivity contribution in [2.75, 3.05) is 25.2 Å². The molecule has 3 aromatic rings. The fraction of sp³-hybridized carbons (Fsp3) is 0.424. The van der Waals surface area contributed by atoms with Gasteiger partial charge in [-0.05, 0) is 68.8 Å². The lowest BCUT2D eigenvalue weighted by Gasteiger charge is -2.41. The number of nitrogens with zero attached hydrogens (tertiary/aromatic N) is 1. The molecule has 1 spiro atoms. The summed E-state index contributed by atoms with van der Waals surface area (Å²) < 4.78 is 24.4. The van der Waals surface area contributed by atoms with Crippen molar-refractivity contribution in [2.45, 2.75) is 70.4 Å². The maximum atomic E-state index is 14.8. The largest absolute Gasteiger partial charge is 0.496 e. The van der Waals surface area contributed by atoms with Gasteiger partial charge in [0, 0.05) is 22.9 Å². The van der Waals surface area contributed by atoms with Crippen molar-refractivity contribution in [1.29, 1.82) is 0 Å². The summed E-state index contributed by atoms with van der Waals surface area (Å²) in [7, 11) is 1.60. The molecular formula is C33H38BrN3O7. The van der Waals surface area contributed by atoms with Crippen molar-refractivity contribution in [1.82, 2.24) is 10.6 Å². The fourth-order valence-corrected chi connectivity index (χ4v) is 6.06. The van der Waals surface area contributed by atoms with E-state index in [4.69, 9.17) is 18.9 Å². The van der Waals surface area contributed by atoms with Crippen LogP contribution in [0.4, 0.5) is 10.5 Å². The minimum Gasteiger partial charge on any atom is -0.496 e. The van der Waals surface area contributed by atoms with Crippen molar-refractivity contribution in [3.05, 3.63) is 64.6 Å². The van der Waals surface area contributed by atoms with Gasteiger partial charge in [0.2, 0.25) is 5.91 Å². The van der Waals surface area contributed by atoms with Crippen LogP contribution in [0.25, 0.3) is 10.8 Å². The third-order valence-electron chi connectivity index (χ3n) is 7.85. The zero-order valence-electron chi connectivity index (χ0n) is 25.6. The van der Waals surface area contributed by atoms with Crippen LogP contribution in [0.3, 0.4) is 0 Å². The molecule has 234 valence electrons. The van der Waals surface area contributed by atoms with Crippen molar-refractivity contribution < 1.29 is 33.3 Å². The first kappa shape index (κ1) is 31.6. The number of carbonyl (C=O) groups excluding carboxylic acids is 3. The van der Waals surface area contributed by atoms with Crippen LogP contribution in [0, 0.1) is 0 Å². The monoisotopic (exact) mass is 667 g/mol. The lowest BCUT2D eigenvalue weighted by Crippen LogP contribution is -2.65. The van der Waals surface area contributed by atoms with Gasteiger partial charge >= 0.3 is 6.09 Å². The Bertz CT molecular complexity index is 1560. The number of rotatable bonds is 6. The number of nitrogens with one attached hydrogen (secondary N) is 2. The summed E-state index contributed by atoms with van der Waals surface area (Å²) in [6, 6.07) is 15.1. The molecule has 1 unspecified atom stereocenters. The van der Waals surface area contributed by atoms with E-state index in [0.29, 0.717) is 43.2 Å². The van der Waals surface area contributed by atoms with E-state index in [9.17, 15) is 14.4 Å². The Morgan fingerprint density at radius 1 is 1.11 bits per heavy atom. The van der Waals surface area contributed by atoms with E-state index in [0.717, 1.165) is 20.8 Å². The Morgan fingerprint density at radius 3 is 2.55 bits per heavy atom. The van der Waals surface area contributed by atoms with Gasteiger partial charge in [-0.25, -0.2) is 4.79 Å². The van der Waals surface area contributed by atoms with Crippen molar-refractivity contribution in [2.24, 2.45) is 0 Å². The second-order valence-electron chi connectivity index (χ2n) is 12.1. The molecule has 2 heterocycles. The van der Waals surface area contributed by atoms with Gasteiger partial charge in [0.1, 0.15) is 34.8 Å². The molecular weight excluding hydrogens is 630 g/mol. The molecule has 2 aliphatic heterocycles. The van der Waals surface area contributed by atoms with Crippen LogP contribution < -0.4 is 25.0 Å². The molecule has 0 saturated carbocycles. The van der Waals surface area contributed by atoms with Crippen molar-refractivity contribution in [3.8, 4) is 11.5 Å². The van der Waals surface area contributed by atoms with Gasteiger partial charge < -0.3 is 34.5 Å². The van der Waals surface area contributed by atoms with E-state index in [1.165, 1.54) is 0 Å². The second-order valence-corrected chi connectivity index (χ2v) is 13.0. The van der Waals surface area contributed by atoms with E-state index in [1.54, 1.807) is 39.7 Å². The highest BCUT2D eigenvalue weighted by Gasteiger charge is 2.52. The van der Waals surface area contributed by atoms with Gasteiger partial charge in [0.25, 0.3) is 5.91 Å². The molecule has 3 aromatic carbocycles. The van der Waals surface area contributed by atoms with Crippen LogP contribution in [0.1, 0.15) is 46.1 Å². The zero-order valence-corrected chi connectivity index (χ0v) is 27.2. The number of alkyl carbamates (subject to hydrolysis) is 1. The summed E-state index contributed by atoms with van der Waals surface area (Å²) >= 11 is 3.55. The predicted molar refractivity (Wildman–Crippen MR) is 170 cm³/mol. The Morgan fingerprint density at radius 2 is 1.84 bits per heavy atom. The highest BCUT2D eigenvalue weighted by Crippen LogP contribution is 2.42. The molecule has 0 bridgehead atoms. The Labute approximate surface area is 265 Å². The number of fused-ring (bicyclic) bond motifs is 2. The molecule has 5 rings (SSSR count). The average molecular weight is 669 g/mol. The highest BCUT2D eigenvalue weighted by atomic mass is 79.9. The number of para-hydroxylation sites is 2. The second kappa shape index (κ2) is 12.6. The number of halogens is 1. The van der Waals surface area contributed by atoms with Crippen LogP contribution in [0.15, 0.2) is 59.1 Å². The number of benzene rings is 3. The minimum absolute atomic E-state index is 0.159. The molecule has 2 N–H and O–H groups in total. The Balaban J connectivity index is 1.55. The molecule has 1 fully saturated rings. The van der Waals surface area contributed by atoms with E-state index < -0.39 is 35.3 Å². The highest BCUT2D eigenvalue weighted by molar-refractivity contribution is 9.10. The maximum Gasteiger partial charge on any atom is 0.408 e. The van der Waals surface area contributed by atoms with E-state index >= 15 is 0 Å². The number of hydrogen-bond acceptors (Lipinski definition) is 7. The Hall–Kier alpha value is -3.83. The first-order valence-corrected chi connectivity index (χ1v) is 15.4. The quantitative estimate of drug-likeness (QED) is 0.358. The van der Waals surface area contributed by atoms with Crippen LogP contribution in [-0.4, -0.2) is 61.5 Å². The first-order chi connectivity index (χ1) is 20.9. The molecule has 3 amide bonds. The fourth-order valence-electron chi connectivity index (χ4n) is 5.68. The molecule has 2 atom stereocenters. The number of anilines is 1. The first-order valence-electron chi connectivity index (χ1n) is 14.6. The van der Waals surface area contributed by atoms with Gasteiger partial charge in [0.05, 0.1) is 32.6 Å². The zero-order chi connectivity index (χ0) is 31.6. The summed E-state index contributed by atoms with van der Waals surface area (Å²) in [6.07, 6.45) is 0.0320. The smallest absolute Gasteiger partial charge is 0.408 e. The molecule has 0 aromatic heterocycles. The Kier molecular flexibility index (Phi) is 9.08. The topological polar surface area (TPSA) is 115 Å². The molecule has 2 aliphatic rings. The summed E-state index contributed by atoms with van der Waals surface area (Å²) in [6.45, 7) is 7.64. The predicted octanol–water partition coefficient (Wildman–Crippen LogP) is 5.48. The third kappa shape index (κ3) is 6.63. The van der Waals surface area contributed by atoms with Gasteiger partial charge in [-0.15, -0.1) is 0 Å². The number of amides is 3. The molecule has 11 heteroatoms. The molecule has 0 radical (unpaired) electrons. The number of ether oxygens (including phenoxy) is 4. The lowest BCUT2D eigenvalue weighted by atomic mass is 9.84. The summed E-state index contributed by atoms with van der Waals surface area (Å²) in [5.41, 5.74) is -0.414. The van der Waals surface area contributed by atoms with E-state index in [1.807, 2.05) is 54.6 Å². The van der Waals surface area contributed by atoms with Gasteiger partial charge in [-0.1, -0.05) is 40.2 Å². The average Bonchev–Trinajstić information content (AvgIpc) is 3.05. The van der Waals surface area contributed by atoms with E-state index in [2.05, 4.69) is 26.6 Å². The van der Waals surface area contributed by atoms with E-state index in [-0.39, 0.29) is 12.5 Å². The maximum absolute atomic E-state index is 14.8. The van der Waals surface area contributed by atoms with Crippen LogP contribution >= 0.6 is 15.9 Å². The molecule has 1 saturated heterocycles. The van der Waals surface area contributed by atoms with Gasteiger partial charge in [-0.3, -0.25) is 9.59 Å². The summed E-state index contributed by atoms with van der Waals surface area (Å²) in [4.78, 5) is 42.4. The number of methoxy groups -OCH3 is 1. The summed E-state index contributed by atoms with van der Waals surface area (Å²) in [5, 5.41) is 7.43. The van der Waals surface area contributed by atoms with Crippen molar-refractivity contribution >= 4 is 50.3 Å². The molecule has 44 heavy (non-hydrogen) atoms. The molecule has 10 nitrogen and oxygen atoms in total. The van der Waals surface area contributed by atoms with Gasteiger partial charge in [0.15, 0.2) is 0 Å². The number of carbonyl (C=O) groups is 3. The van der Waals surface area contributed by atoms with Crippen molar-refractivity contribution in [3.63, 3.8) is 0 Å². The van der Waals surface area contributed by atoms with Gasteiger partial charge in [-0.2, -0.15) is 0 Å². The standard InChI is InChI=1S/C33H38BrN3O7/c1-20(35-31(40)44-32(2,3)4)29(38)36-28-30(39)37(19-24-23-12-11-22(34)18-21(23)10-13-26(24)41-5)25-8-6-7-9-27(25)43-33(28)14-16-42-17-15-33/h6-13,18,20,28H,14-17,19H2,1-5H3,(H,35,40)(H,36,38)/t20-,28?/m0/s1. The minimum atomic E-state index is -1.08. The molecule has 0 aliphatic carbocycles. The SMILES string of the molecule is COc1ccc2cc(Br)ccc2c1CN1C(=O)C(NC(=O)[C@H](C)NC(=O)OC(C)(C)C)C2(CCOCC2)Oc2ccccc21. The number of hydrogen-bond donors (Lipinski definition) is 2. The summed E-state index contributed by atoms with van der Waals surface area (Å²) in [5.74, 6) is 0.279. The third-order valence-corrected chi connectivity index (χ3v) is 8.34.